The van der Waals surface area contributed by atoms with Crippen LogP contribution in [0.15, 0.2) is 22.6 Å². The van der Waals surface area contributed by atoms with Crippen LogP contribution in [-0.4, -0.2) is 18.1 Å². The Balaban J connectivity index is 2.64. The Bertz CT molecular complexity index is 687. The largest absolute Gasteiger partial charge is 0.463 e. The third-order valence-electron chi connectivity index (χ3n) is 2.89. The molecule has 0 atom stereocenters. The number of hydrogen-bond acceptors (Lipinski definition) is 4. The normalized spacial score (nSPS) is 11.5. The highest BCUT2D eigenvalue weighted by molar-refractivity contribution is 6.43. The Morgan fingerprint density at radius 3 is 2.52 bits per heavy atom. The van der Waals surface area contributed by atoms with Gasteiger partial charge in [-0.1, -0.05) is 50.0 Å². The van der Waals surface area contributed by atoms with Crippen molar-refractivity contribution >= 4 is 29.2 Å². The van der Waals surface area contributed by atoms with Gasteiger partial charge in [-0.2, -0.15) is 0 Å². The number of nitrogens with zero attached hydrogens (tertiary/aromatic N) is 1. The van der Waals surface area contributed by atoms with Crippen LogP contribution in [0.2, 0.25) is 10.0 Å². The number of esters is 1. The monoisotopic (exact) mass is 327 g/mol. The third kappa shape index (κ3) is 3.06. The van der Waals surface area contributed by atoms with Gasteiger partial charge in [-0.15, -0.1) is 0 Å². The molecule has 0 unspecified atom stereocenters. The Labute approximate surface area is 133 Å². The average molecular weight is 328 g/mol. The van der Waals surface area contributed by atoms with Gasteiger partial charge in [0.2, 0.25) is 11.7 Å². The van der Waals surface area contributed by atoms with Crippen molar-refractivity contribution in [3.8, 4) is 11.5 Å². The van der Waals surface area contributed by atoms with Crippen LogP contribution in [0.25, 0.3) is 11.5 Å². The average Bonchev–Trinajstić information content (AvgIpc) is 2.86. The summed E-state index contributed by atoms with van der Waals surface area (Å²) >= 11 is 12.2. The van der Waals surface area contributed by atoms with Gasteiger partial charge in [-0.3, -0.25) is 0 Å². The lowest BCUT2D eigenvalue weighted by atomic mass is 9.91. The summed E-state index contributed by atoms with van der Waals surface area (Å²) in [7, 11) is 1.29. The van der Waals surface area contributed by atoms with Crippen LogP contribution in [0.4, 0.5) is 0 Å². The maximum Gasteiger partial charge on any atom is 0.376 e. The number of oxazole rings is 1. The van der Waals surface area contributed by atoms with Crippen molar-refractivity contribution in [2.75, 3.05) is 7.11 Å². The van der Waals surface area contributed by atoms with E-state index >= 15 is 0 Å². The van der Waals surface area contributed by atoms with Gasteiger partial charge >= 0.3 is 5.97 Å². The first-order valence-electron chi connectivity index (χ1n) is 6.29. The number of carbonyl (C=O) groups excluding carboxylic acids is 1. The molecule has 0 aliphatic rings. The van der Waals surface area contributed by atoms with E-state index in [9.17, 15) is 4.79 Å². The van der Waals surface area contributed by atoms with E-state index in [1.165, 1.54) is 7.11 Å². The molecule has 1 heterocycles. The molecule has 0 aliphatic carbocycles. The molecular formula is C15H15Cl2NO3. The zero-order valence-corrected chi connectivity index (χ0v) is 13.7. The molecule has 0 amide bonds. The van der Waals surface area contributed by atoms with Gasteiger partial charge in [0.25, 0.3) is 0 Å². The van der Waals surface area contributed by atoms with E-state index in [0.29, 0.717) is 21.3 Å². The molecule has 112 valence electrons. The van der Waals surface area contributed by atoms with Gasteiger partial charge < -0.3 is 9.15 Å². The fraction of sp³-hybridized carbons (Fsp3) is 0.333. The van der Waals surface area contributed by atoms with Gasteiger partial charge in [0, 0.05) is 5.41 Å². The van der Waals surface area contributed by atoms with Crippen molar-refractivity contribution < 1.29 is 13.9 Å². The van der Waals surface area contributed by atoms with E-state index in [0.717, 1.165) is 0 Å². The summed E-state index contributed by atoms with van der Waals surface area (Å²) in [6.07, 6.45) is 0. The third-order valence-corrected chi connectivity index (χ3v) is 3.71. The second-order valence-electron chi connectivity index (χ2n) is 5.54. The Morgan fingerprint density at radius 2 is 1.95 bits per heavy atom. The lowest BCUT2D eigenvalue weighted by molar-refractivity contribution is 0.0562. The number of aromatic nitrogens is 1. The first kappa shape index (κ1) is 15.9. The molecule has 0 radical (unpaired) electrons. The van der Waals surface area contributed by atoms with Crippen molar-refractivity contribution in [3.63, 3.8) is 0 Å². The molecule has 0 saturated heterocycles. The summed E-state index contributed by atoms with van der Waals surface area (Å²) in [4.78, 5) is 16.3. The predicted octanol–water partition coefficient (Wildman–Crippen LogP) is 4.73. The second-order valence-corrected chi connectivity index (χ2v) is 6.32. The number of rotatable bonds is 2. The summed E-state index contributed by atoms with van der Waals surface area (Å²) in [5, 5.41) is 0.724. The number of hydrogen-bond donors (Lipinski definition) is 0. The highest BCUT2D eigenvalue weighted by Crippen LogP contribution is 2.36. The molecule has 0 N–H and O–H groups in total. The summed E-state index contributed by atoms with van der Waals surface area (Å²) in [6.45, 7) is 5.79. The molecule has 0 spiro atoms. The molecule has 6 heteroatoms. The highest BCUT2D eigenvalue weighted by atomic mass is 35.5. The zero-order valence-electron chi connectivity index (χ0n) is 12.2. The first-order chi connectivity index (χ1) is 9.75. The summed E-state index contributed by atoms with van der Waals surface area (Å²) < 4.78 is 10.3. The van der Waals surface area contributed by atoms with Gasteiger partial charge in [0.1, 0.15) is 5.69 Å². The molecule has 0 saturated carbocycles. The molecular weight excluding hydrogens is 313 g/mol. The zero-order chi connectivity index (χ0) is 15.8. The molecule has 2 aromatic rings. The molecule has 0 fully saturated rings. The first-order valence-corrected chi connectivity index (χ1v) is 7.05. The summed E-state index contributed by atoms with van der Waals surface area (Å²) in [6, 6.07) is 5.14. The van der Waals surface area contributed by atoms with Gasteiger partial charge in [0.05, 0.1) is 22.7 Å². The van der Waals surface area contributed by atoms with Gasteiger partial charge in [-0.05, 0) is 12.1 Å². The minimum atomic E-state index is -0.572. The highest BCUT2D eigenvalue weighted by Gasteiger charge is 2.30. The van der Waals surface area contributed by atoms with Gasteiger partial charge in [-0.25, -0.2) is 9.78 Å². The molecule has 0 bridgehead atoms. The number of halogens is 2. The molecule has 4 nitrogen and oxygen atoms in total. The minimum absolute atomic E-state index is 0.0797. The number of ether oxygens (including phenoxy) is 1. The molecule has 1 aromatic heterocycles. The SMILES string of the molecule is COC(=O)c1oc(-c2cccc(Cl)c2Cl)nc1C(C)(C)C. The van der Waals surface area contributed by atoms with Crippen LogP contribution >= 0.6 is 23.2 Å². The van der Waals surface area contributed by atoms with Crippen LogP contribution < -0.4 is 0 Å². The lowest BCUT2D eigenvalue weighted by Gasteiger charge is -2.15. The molecule has 1 aromatic carbocycles. The van der Waals surface area contributed by atoms with E-state index < -0.39 is 5.97 Å². The number of benzene rings is 1. The van der Waals surface area contributed by atoms with E-state index in [-0.39, 0.29) is 17.1 Å². The van der Waals surface area contributed by atoms with Crippen molar-refractivity contribution in [1.29, 1.82) is 0 Å². The summed E-state index contributed by atoms with van der Waals surface area (Å²) in [5.74, 6) is -0.249. The van der Waals surface area contributed by atoms with Crippen LogP contribution in [0.5, 0.6) is 0 Å². The van der Waals surface area contributed by atoms with Gasteiger partial charge in [0.15, 0.2) is 0 Å². The Morgan fingerprint density at radius 1 is 1.29 bits per heavy atom. The predicted molar refractivity (Wildman–Crippen MR) is 82.0 cm³/mol. The molecule has 0 aliphatic heterocycles. The van der Waals surface area contributed by atoms with E-state index in [1.807, 2.05) is 20.8 Å². The van der Waals surface area contributed by atoms with Crippen LogP contribution in [0.3, 0.4) is 0 Å². The molecule has 2 rings (SSSR count). The van der Waals surface area contributed by atoms with Crippen molar-refractivity contribution in [2.45, 2.75) is 26.2 Å². The van der Waals surface area contributed by atoms with Crippen molar-refractivity contribution in [3.05, 3.63) is 39.7 Å². The Kier molecular flexibility index (Phi) is 4.30. The van der Waals surface area contributed by atoms with E-state index in [4.69, 9.17) is 32.4 Å². The fourth-order valence-electron chi connectivity index (χ4n) is 1.84. The smallest absolute Gasteiger partial charge is 0.376 e. The van der Waals surface area contributed by atoms with Crippen molar-refractivity contribution in [1.82, 2.24) is 4.98 Å². The van der Waals surface area contributed by atoms with E-state index in [1.54, 1.807) is 18.2 Å². The molecule has 21 heavy (non-hydrogen) atoms. The fourth-order valence-corrected chi connectivity index (χ4v) is 2.23. The maximum atomic E-state index is 11.9. The van der Waals surface area contributed by atoms with Crippen LogP contribution in [0.1, 0.15) is 37.0 Å². The number of methoxy groups -OCH3 is 1. The standard InChI is InChI=1S/C15H15Cl2NO3/c1-15(2,3)12-11(14(19)20-4)21-13(18-12)8-6-5-7-9(16)10(8)17/h5-7H,1-4H3. The van der Waals surface area contributed by atoms with Crippen LogP contribution in [-0.2, 0) is 10.2 Å². The Hall–Kier alpha value is -1.52. The lowest BCUT2D eigenvalue weighted by Crippen LogP contribution is -2.17. The number of carbonyl (C=O) groups is 1. The second kappa shape index (κ2) is 5.70. The van der Waals surface area contributed by atoms with E-state index in [2.05, 4.69) is 4.98 Å². The topological polar surface area (TPSA) is 52.3 Å². The maximum absolute atomic E-state index is 11.9. The van der Waals surface area contributed by atoms with Crippen molar-refractivity contribution in [2.24, 2.45) is 0 Å². The summed E-state index contributed by atoms with van der Waals surface area (Å²) in [5.41, 5.74) is 0.668. The quantitative estimate of drug-likeness (QED) is 0.748. The minimum Gasteiger partial charge on any atom is -0.463 e. The van der Waals surface area contributed by atoms with Crippen LogP contribution in [0, 0.1) is 0 Å².